The minimum absolute atomic E-state index is 0.326. The Morgan fingerprint density at radius 3 is 2.07 bits per heavy atom. The Labute approximate surface area is 169 Å². The van der Waals surface area contributed by atoms with Crippen molar-refractivity contribution in [2.45, 2.75) is 58.5 Å². The van der Waals surface area contributed by atoms with E-state index in [0.29, 0.717) is 12.1 Å². The molecule has 150 valence electrons. The summed E-state index contributed by atoms with van der Waals surface area (Å²) in [6.45, 7) is 25.7. The molecule has 2 heterocycles. The van der Waals surface area contributed by atoms with Crippen molar-refractivity contribution < 1.29 is 0 Å². The van der Waals surface area contributed by atoms with Crippen LogP contribution in [0.15, 0.2) is 37.2 Å². The standard InChI is InChI=1S/C25H35N3/c1-8-26-18(4)9-10-19(5)28-20(6)24-15-22-11-13-27(17(2)3)14-12-23(22)16-25(24)21(28)7/h8,15-17,19,26H,1,4,6-7,9-14H2,2-3,5H3. The topological polar surface area (TPSA) is 20.2 Å². The zero-order valence-electron chi connectivity index (χ0n) is 17.9. The van der Waals surface area contributed by atoms with Crippen LogP contribution in [0, 0.1) is 0 Å². The SMILES string of the molecule is C=CNC(=C)CCC(C)n1c(=C)c2cc3c(cc2c1=C)CCN(C(C)C)CC3. The van der Waals surface area contributed by atoms with Crippen molar-refractivity contribution in [3.63, 3.8) is 0 Å². The molecule has 1 aliphatic rings. The highest BCUT2D eigenvalue weighted by atomic mass is 15.1. The zero-order chi connectivity index (χ0) is 20.4. The molecule has 0 amide bonds. The van der Waals surface area contributed by atoms with Gasteiger partial charge in [0.2, 0.25) is 0 Å². The first-order chi connectivity index (χ1) is 13.3. The molecule has 0 spiro atoms. The molecule has 1 N–H and O–H groups in total. The maximum absolute atomic E-state index is 4.43. The van der Waals surface area contributed by atoms with Crippen LogP contribution in [0.1, 0.15) is 50.8 Å². The Balaban J connectivity index is 1.92. The van der Waals surface area contributed by atoms with Gasteiger partial charge in [-0.2, -0.15) is 0 Å². The second kappa shape index (κ2) is 8.40. The number of nitrogens with one attached hydrogen (secondary N) is 1. The third-order valence-corrected chi connectivity index (χ3v) is 6.22. The van der Waals surface area contributed by atoms with E-state index in [1.165, 1.54) is 21.9 Å². The highest BCUT2D eigenvalue weighted by molar-refractivity contribution is 5.85. The molecule has 0 bridgehead atoms. The molecule has 3 nitrogen and oxygen atoms in total. The van der Waals surface area contributed by atoms with E-state index in [1.54, 1.807) is 6.20 Å². The van der Waals surface area contributed by atoms with Gasteiger partial charge in [0.1, 0.15) is 0 Å². The smallest absolute Gasteiger partial charge is 0.0420 e. The van der Waals surface area contributed by atoms with E-state index in [-0.39, 0.29) is 0 Å². The predicted octanol–water partition coefficient (Wildman–Crippen LogP) is 3.86. The molecule has 3 heteroatoms. The van der Waals surface area contributed by atoms with Crippen LogP contribution in [-0.4, -0.2) is 28.6 Å². The predicted molar refractivity (Wildman–Crippen MR) is 123 cm³/mol. The first-order valence-electron chi connectivity index (χ1n) is 10.5. The second-order valence-corrected chi connectivity index (χ2v) is 8.40. The Hall–Kier alpha value is -2.26. The number of rotatable bonds is 7. The van der Waals surface area contributed by atoms with E-state index in [1.807, 2.05) is 0 Å². The van der Waals surface area contributed by atoms with Crippen LogP contribution in [0.4, 0.5) is 0 Å². The molecule has 0 radical (unpaired) electrons. The van der Waals surface area contributed by atoms with Gasteiger partial charge in [0, 0.05) is 52.3 Å². The Morgan fingerprint density at radius 2 is 1.61 bits per heavy atom. The lowest BCUT2D eigenvalue weighted by atomic mass is 9.99. The van der Waals surface area contributed by atoms with Crippen LogP contribution >= 0.6 is 0 Å². The molecule has 0 aliphatic carbocycles. The van der Waals surface area contributed by atoms with Crippen LogP contribution in [0.5, 0.6) is 0 Å². The van der Waals surface area contributed by atoms with Crippen molar-refractivity contribution in [2.75, 3.05) is 13.1 Å². The molecule has 1 unspecified atom stereocenters. The lowest BCUT2D eigenvalue weighted by Crippen LogP contribution is -2.33. The van der Waals surface area contributed by atoms with Crippen LogP contribution < -0.4 is 16.0 Å². The number of aromatic nitrogens is 1. The molecule has 1 aliphatic heterocycles. The van der Waals surface area contributed by atoms with Gasteiger partial charge in [0.25, 0.3) is 0 Å². The summed E-state index contributed by atoms with van der Waals surface area (Å²) in [4.78, 5) is 2.58. The van der Waals surface area contributed by atoms with Crippen LogP contribution in [0.25, 0.3) is 23.9 Å². The maximum atomic E-state index is 4.43. The van der Waals surface area contributed by atoms with Crippen molar-refractivity contribution >= 4 is 23.9 Å². The second-order valence-electron chi connectivity index (χ2n) is 8.40. The van der Waals surface area contributed by atoms with Gasteiger partial charge in [-0.25, -0.2) is 0 Å². The molecule has 1 aromatic carbocycles. The molecular formula is C25H35N3. The van der Waals surface area contributed by atoms with Gasteiger partial charge in [-0.1, -0.05) is 26.3 Å². The molecule has 1 atom stereocenters. The van der Waals surface area contributed by atoms with E-state index in [0.717, 1.165) is 55.2 Å². The molecule has 0 saturated carbocycles. The molecule has 3 rings (SSSR count). The number of fused-ring (bicyclic) bond motifs is 2. The van der Waals surface area contributed by atoms with Crippen molar-refractivity contribution in [2.24, 2.45) is 0 Å². The van der Waals surface area contributed by atoms with Crippen LogP contribution in [0.2, 0.25) is 0 Å². The monoisotopic (exact) mass is 377 g/mol. The summed E-state index contributed by atoms with van der Waals surface area (Å²) in [5.41, 5.74) is 3.96. The minimum Gasteiger partial charge on any atom is -0.366 e. The number of allylic oxidation sites excluding steroid dienone is 1. The fourth-order valence-electron chi connectivity index (χ4n) is 4.47. The Kier molecular flexibility index (Phi) is 6.14. The lowest BCUT2D eigenvalue weighted by molar-refractivity contribution is 0.233. The third kappa shape index (κ3) is 3.95. The number of hydrogen-bond donors (Lipinski definition) is 1. The molecule has 0 saturated heterocycles. The van der Waals surface area contributed by atoms with Crippen LogP contribution in [-0.2, 0) is 12.8 Å². The third-order valence-electron chi connectivity index (χ3n) is 6.22. The normalized spacial score (nSPS) is 16.0. The molecule has 2 aromatic rings. The highest BCUT2D eigenvalue weighted by Crippen LogP contribution is 2.23. The number of nitrogens with zero attached hydrogens (tertiary/aromatic N) is 2. The highest BCUT2D eigenvalue weighted by Gasteiger charge is 2.19. The molecule has 1 aromatic heterocycles. The summed E-state index contributed by atoms with van der Waals surface area (Å²) in [5, 5.41) is 7.78. The van der Waals surface area contributed by atoms with Gasteiger partial charge in [0.15, 0.2) is 0 Å². The van der Waals surface area contributed by atoms with Crippen molar-refractivity contribution in [1.82, 2.24) is 14.8 Å². The Morgan fingerprint density at radius 1 is 1.07 bits per heavy atom. The van der Waals surface area contributed by atoms with Gasteiger partial charge in [-0.3, -0.25) is 0 Å². The van der Waals surface area contributed by atoms with E-state index >= 15 is 0 Å². The summed E-state index contributed by atoms with van der Waals surface area (Å²) in [5.74, 6) is 0. The first-order valence-corrected chi connectivity index (χ1v) is 10.5. The maximum Gasteiger partial charge on any atom is 0.0420 e. The quantitative estimate of drug-likeness (QED) is 0.791. The fraction of sp³-hybridized carbons (Fsp3) is 0.440. The summed E-state index contributed by atoms with van der Waals surface area (Å²) in [7, 11) is 0. The van der Waals surface area contributed by atoms with Crippen LogP contribution in [0.3, 0.4) is 0 Å². The fourth-order valence-corrected chi connectivity index (χ4v) is 4.47. The number of hydrogen-bond acceptors (Lipinski definition) is 2. The van der Waals surface area contributed by atoms with Crippen molar-refractivity contribution in [3.05, 3.63) is 59.0 Å². The molecule has 28 heavy (non-hydrogen) atoms. The molecular weight excluding hydrogens is 342 g/mol. The van der Waals surface area contributed by atoms with Gasteiger partial charge >= 0.3 is 0 Å². The average molecular weight is 378 g/mol. The molecule has 0 fully saturated rings. The van der Waals surface area contributed by atoms with E-state index < -0.39 is 0 Å². The minimum atomic E-state index is 0.326. The van der Waals surface area contributed by atoms with E-state index in [9.17, 15) is 0 Å². The first kappa shape index (κ1) is 20.5. The summed E-state index contributed by atoms with van der Waals surface area (Å²) in [6.07, 6.45) is 5.81. The lowest BCUT2D eigenvalue weighted by Gasteiger charge is -2.23. The zero-order valence-corrected chi connectivity index (χ0v) is 17.9. The van der Waals surface area contributed by atoms with E-state index in [4.69, 9.17) is 0 Å². The Bertz CT molecular complexity index is 921. The van der Waals surface area contributed by atoms with Gasteiger partial charge in [-0.15, -0.1) is 0 Å². The van der Waals surface area contributed by atoms with Crippen molar-refractivity contribution in [1.29, 1.82) is 0 Å². The van der Waals surface area contributed by atoms with Crippen molar-refractivity contribution in [3.8, 4) is 0 Å². The van der Waals surface area contributed by atoms with E-state index in [2.05, 4.69) is 74.0 Å². The number of benzene rings is 1. The summed E-state index contributed by atoms with van der Waals surface area (Å²) >= 11 is 0. The van der Waals surface area contributed by atoms with Gasteiger partial charge < -0.3 is 14.8 Å². The van der Waals surface area contributed by atoms with Gasteiger partial charge in [-0.05, 0) is 75.9 Å². The summed E-state index contributed by atoms with van der Waals surface area (Å²) in [6, 6.07) is 5.69. The largest absolute Gasteiger partial charge is 0.366 e. The van der Waals surface area contributed by atoms with Gasteiger partial charge in [0.05, 0.1) is 0 Å². The average Bonchev–Trinajstić information content (AvgIpc) is 2.80. The summed E-state index contributed by atoms with van der Waals surface area (Å²) < 4.78 is 2.31.